The molecule has 2 aromatic carbocycles. The topological polar surface area (TPSA) is 88.0 Å². The van der Waals surface area contributed by atoms with Gasteiger partial charge in [-0.2, -0.15) is 35.5 Å². The van der Waals surface area contributed by atoms with Crippen molar-refractivity contribution in [3.63, 3.8) is 0 Å². The number of alkyl halides is 6. The molecule has 2 heterocycles. The molecule has 4 aromatic rings. The SMILES string of the molecule is O=C([O-])C(F)(F)F.O=C([O-])C(F)(F)F.c1ccc(-[n+]2ccccc2)cc1.c1ccc(-[n+]2ccccc2)cc1. The lowest BCUT2D eigenvalue weighted by Crippen LogP contribution is -2.37. The number of pyridine rings is 2. The molecule has 0 aliphatic carbocycles. The van der Waals surface area contributed by atoms with Crippen molar-refractivity contribution in [2.45, 2.75) is 12.4 Å². The second-order valence-corrected chi connectivity index (χ2v) is 6.81. The molecule has 0 bridgehead atoms. The molecule has 0 atom stereocenters. The van der Waals surface area contributed by atoms with Gasteiger partial charge in [-0.3, -0.25) is 0 Å². The fourth-order valence-electron chi connectivity index (χ4n) is 2.34. The van der Waals surface area contributed by atoms with Crippen LogP contribution in [-0.2, 0) is 9.59 Å². The van der Waals surface area contributed by atoms with E-state index >= 15 is 0 Å². The van der Waals surface area contributed by atoms with Crippen molar-refractivity contribution < 1.29 is 55.3 Å². The third-order valence-corrected chi connectivity index (χ3v) is 4.00. The average molecular weight is 538 g/mol. The van der Waals surface area contributed by atoms with Crippen molar-refractivity contribution in [3.05, 3.63) is 122 Å². The lowest BCUT2D eigenvalue weighted by molar-refractivity contribution is -0.596. The molecule has 0 aliphatic heterocycles. The average Bonchev–Trinajstić information content (AvgIpc) is 2.91. The number of hydrogen-bond donors (Lipinski definition) is 0. The van der Waals surface area contributed by atoms with Crippen LogP contribution in [0.2, 0.25) is 0 Å². The number of aliphatic carboxylic acids is 2. The summed E-state index contributed by atoms with van der Waals surface area (Å²) >= 11 is 0. The third-order valence-electron chi connectivity index (χ3n) is 4.00. The first-order chi connectivity index (χ1) is 17.8. The van der Waals surface area contributed by atoms with Gasteiger partial charge in [0.05, 0.1) is 0 Å². The van der Waals surface area contributed by atoms with Crippen LogP contribution in [0, 0.1) is 0 Å². The summed E-state index contributed by atoms with van der Waals surface area (Å²) in [6, 6.07) is 32.6. The van der Waals surface area contributed by atoms with E-state index in [4.69, 9.17) is 19.8 Å². The Morgan fingerprint density at radius 2 is 0.684 bits per heavy atom. The van der Waals surface area contributed by atoms with E-state index in [0.29, 0.717) is 0 Å². The lowest BCUT2D eigenvalue weighted by Gasteiger charge is -2.03. The number of carbonyl (C=O) groups excluding carboxylic acids is 2. The van der Waals surface area contributed by atoms with Crippen molar-refractivity contribution in [1.29, 1.82) is 0 Å². The van der Waals surface area contributed by atoms with E-state index in [1.54, 1.807) is 0 Å². The summed E-state index contributed by atoms with van der Waals surface area (Å²) in [4.78, 5) is 17.6. The highest BCUT2D eigenvalue weighted by Crippen LogP contribution is 2.12. The van der Waals surface area contributed by atoms with Crippen LogP contribution < -0.4 is 19.3 Å². The molecular formula is C26H20F6N2O4. The molecule has 0 N–H and O–H groups in total. The van der Waals surface area contributed by atoms with Gasteiger partial charge in [-0.15, -0.1) is 0 Å². The molecule has 0 fully saturated rings. The first kappa shape index (κ1) is 31.3. The maximum Gasteiger partial charge on any atom is 0.430 e. The maximum atomic E-state index is 10.5. The summed E-state index contributed by atoms with van der Waals surface area (Å²) in [5, 5.41) is 17.6. The molecule has 0 saturated heterocycles. The van der Waals surface area contributed by atoms with E-state index in [1.807, 2.05) is 97.6 Å². The van der Waals surface area contributed by atoms with Gasteiger partial charge < -0.3 is 19.8 Å². The fraction of sp³-hybridized carbons (Fsp3) is 0.0769. The molecule has 200 valence electrons. The number of carboxylic acid groups (broad SMARTS) is 2. The number of para-hydroxylation sites is 2. The smallest absolute Gasteiger partial charge is 0.430 e. The molecule has 0 saturated carbocycles. The summed E-state index contributed by atoms with van der Waals surface area (Å²) in [7, 11) is 0. The Morgan fingerprint density at radius 1 is 0.474 bits per heavy atom. The molecule has 0 aliphatic rings. The summed E-state index contributed by atoms with van der Waals surface area (Å²) in [6.45, 7) is 0. The van der Waals surface area contributed by atoms with Gasteiger partial charge in [0.1, 0.15) is 11.9 Å². The van der Waals surface area contributed by atoms with E-state index < -0.39 is 24.3 Å². The number of rotatable bonds is 2. The van der Waals surface area contributed by atoms with Crippen molar-refractivity contribution >= 4 is 11.9 Å². The number of hydrogen-bond acceptors (Lipinski definition) is 4. The molecule has 0 radical (unpaired) electrons. The fourth-order valence-corrected chi connectivity index (χ4v) is 2.34. The molecule has 0 amide bonds. The van der Waals surface area contributed by atoms with Gasteiger partial charge in [0.15, 0.2) is 24.8 Å². The number of benzene rings is 2. The zero-order chi connectivity index (χ0) is 28.6. The number of carbonyl (C=O) groups is 2. The Hall–Kier alpha value is -4.74. The van der Waals surface area contributed by atoms with Crippen molar-refractivity contribution in [3.8, 4) is 11.4 Å². The predicted molar refractivity (Wildman–Crippen MR) is 118 cm³/mol. The first-order valence-corrected chi connectivity index (χ1v) is 10.4. The Bertz CT molecular complexity index is 1050. The second kappa shape index (κ2) is 15.4. The van der Waals surface area contributed by atoms with Gasteiger partial charge in [0, 0.05) is 48.5 Å². The van der Waals surface area contributed by atoms with Gasteiger partial charge >= 0.3 is 12.4 Å². The van der Waals surface area contributed by atoms with E-state index in [-0.39, 0.29) is 0 Å². The molecule has 6 nitrogen and oxygen atoms in total. The minimum atomic E-state index is -5.19. The van der Waals surface area contributed by atoms with Gasteiger partial charge in [0.25, 0.3) is 0 Å². The van der Waals surface area contributed by atoms with E-state index in [1.165, 1.54) is 11.4 Å². The van der Waals surface area contributed by atoms with E-state index in [9.17, 15) is 26.3 Å². The predicted octanol–water partition coefficient (Wildman–Crippen LogP) is 2.52. The summed E-state index contributed by atoms with van der Waals surface area (Å²) in [5.41, 5.74) is 2.39. The van der Waals surface area contributed by atoms with E-state index in [2.05, 4.69) is 33.4 Å². The van der Waals surface area contributed by atoms with Crippen LogP contribution in [-0.4, -0.2) is 24.3 Å². The Labute approximate surface area is 213 Å². The lowest BCUT2D eigenvalue weighted by atomic mass is 10.3. The Balaban J connectivity index is 0.000000264. The second-order valence-electron chi connectivity index (χ2n) is 6.81. The van der Waals surface area contributed by atoms with Crippen molar-refractivity contribution in [1.82, 2.24) is 0 Å². The zero-order valence-corrected chi connectivity index (χ0v) is 19.3. The van der Waals surface area contributed by atoms with Gasteiger partial charge in [0.2, 0.25) is 11.4 Å². The molecular weight excluding hydrogens is 518 g/mol. The molecule has 4 rings (SSSR count). The van der Waals surface area contributed by atoms with Gasteiger partial charge in [-0.1, -0.05) is 48.5 Å². The van der Waals surface area contributed by atoms with Crippen LogP contribution in [0.25, 0.3) is 11.4 Å². The molecule has 0 spiro atoms. The molecule has 0 unspecified atom stereocenters. The number of nitrogens with zero attached hydrogens (tertiary/aromatic N) is 2. The number of carboxylic acids is 2. The number of halogens is 6. The van der Waals surface area contributed by atoms with Crippen LogP contribution in [0.15, 0.2) is 122 Å². The zero-order valence-electron chi connectivity index (χ0n) is 19.3. The van der Waals surface area contributed by atoms with Crippen LogP contribution in [0.1, 0.15) is 0 Å². The Kier molecular flexibility index (Phi) is 12.7. The minimum Gasteiger partial charge on any atom is -0.542 e. The first-order valence-electron chi connectivity index (χ1n) is 10.4. The molecule has 2 aromatic heterocycles. The summed E-state index contributed by atoms with van der Waals surface area (Å²) in [5.74, 6) is -6.01. The Morgan fingerprint density at radius 3 is 0.895 bits per heavy atom. The standard InChI is InChI=1S/2C11H10N.2C2HF3O2/c2*1-3-7-11(8-4-1)12-9-5-2-6-10-12;2*3-2(4,5)1(6)7/h2*1-10H;2*(H,6,7)/q2*+1;;/p-2. The van der Waals surface area contributed by atoms with Crippen molar-refractivity contribution in [2.24, 2.45) is 0 Å². The monoisotopic (exact) mass is 538 g/mol. The maximum absolute atomic E-state index is 10.5. The molecule has 38 heavy (non-hydrogen) atoms. The minimum absolute atomic E-state index is 1.19. The van der Waals surface area contributed by atoms with Crippen LogP contribution >= 0.6 is 0 Å². The highest BCUT2D eigenvalue weighted by atomic mass is 19.4. The van der Waals surface area contributed by atoms with Gasteiger partial charge in [-0.05, 0) is 0 Å². The molecule has 12 heteroatoms. The van der Waals surface area contributed by atoms with Crippen LogP contribution in [0.5, 0.6) is 0 Å². The van der Waals surface area contributed by atoms with E-state index in [0.717, 1.165) is 0 Å². The normalized spacial score (nSPS) is 10.3. The number of aromatic nitrogens is 2. The quantitative estimate of drug-likeness (QED) is 0.290. The summed E-state index contributed by atoms with van der Waals surface area (Å²) < 4.78 is 67.3. The van der Waals surface area contributed by atoms with Crippen molar-refractivity contribution in [2.75, 3.05) is 0 Å². The highest BCUT2D eigenvalue weighted by Gasteiger charge is 2.29. The van der Waals surface area contributed by atoms with Gasteiger partial charge in [-0.25, -0.2) is 0 Å². The van der Waals surface area contributed by atoms with Crippen LogP contribution in [0.3, 0.4) is 0 Å². The third kappa shape index (κ3) is 12.8. The largest absolute Gasteiger partial charge is 0.542 e. The summed E-state index contributed by atoms with van der Waals surface area (Å²) in [6.07, 6.45) is -2.24. The van der Waals surface area contributed by atoms with Crippen LogP contribution in [0.4, 0.5) is 26.3 Å². The highest BCUT2D eigenvalue weighted by molar-refractivity contribution is 5.71.